The van der Waals surface area contributed by atoms with Gasteiger partial charge in [0.1, 0.15) is 5.75 Å². The first-order valence-electron chi connectivity index (χ1n) is 5.17. The fraction of sp³-hybridized carbons (Fsp3) is 0.500. The minimum Gasteiger partial charge on any atom is -0.495 e. The highest BCUT2D eigenvalue weighted by atomic mass is 35.5. The summed E-state index contributed by atoms with van der Waals surface area (Å²) in [7, 11) is 1.62. The molecule has 0 saturated carbocycles. The fourth-order valence-electron chi connectivity index (χ4n) is 1.50. The van der Waals surface area contributed by atoms with E-state index in [0.29, 0.717) is 5.02 Å². The van der Waals surface area contributed by atoms with Crippen LogP contribution in [0.4, 0.5) is 0 Å². The Hall–Kier alpha value is -0.730. The third-order valence-electron chi connectivity index (χ3n) is 2.62. The van der Waals surface area contributed by atoms with E-state index < -0.39 is 0 Å². The molecule has 1 aromatic rings. The van der Waals surface area contributed by atoms with Crippen LogP contribution < -0.4 is 10.5 Å². The summed E-state index contributed by atoms with van der Waals surface area (Å²) in [6.45, 7) is 4.14. The van der Waals surface area contributed by atoms with Crippen LogP contribution in [0.15, 0.2) is 12.1 Å². The predicted octanol–water partition coefficient (Wildman–Crippen LogP) is 2.94. The number of ether oxygens (including phenoxy) is 1. The van der Waals surface area contributed by atoms with E-state index in [9.17, 15) is 0 Å². The molecule has 0 aromatic heterocycles. The molecule has 2 N–H and O–H groups in total. The van der Waals surface area contributed by atoms with Crippen molar-refractivity contribution in [3.05, 3.63) is 28.3 Å². The average Bonchev–Trinajstić information content (AvgIpc) is 2.22. The molecule has 0 saturated heterocycles. The molecule has 0 spiro atoms. The summed E-state index contributed by atoms with van der Waals surface area (Å²) in [6, 6.07) is 4.11. The van der Waals surface area contributed by atoms with Gasteiger partial charge in [-0.15, -0.1) is 0 Å². The van der Waals surface area contributed by atoms with Crippen molar-refractivity contribution in [1.29, 1.82) is 0 Å². The zero-order chi connectivity index (χ0) is 11.4. The minimum absolute atomic E-state index is 0.202. The number of halogens is 1. The molecule has 0 amide bonds. The fourth-order valence-corrected chi connectivity index (χ4v) is 1.76. The first kappa shape index (κ1) is 12.3. The third-order valence-corrected chi connectivity index (χ3v) is 2.91. The Morgan fingerprint density at radius 1 is 1.47 bits per heavy atom. The average molecular weight is 228 g/mol. The van der Waals surface area contributed by atoms with Gasteiger partial charge in [0.15, 0.2) is 0 Å². The van der Waals surface area contributed by atoms with Gasteiger partial charge in [0.2, 0.25) is 0 Å². The van der Waals surface area contributed by atoms with Crippen LogP contribution in [0.1, 0.15) is 24.5 Å². The van der Waals surface area contributed by atoms with E-state index in [2.05, 4.69) is 13.8 Å². The van der Waals surface area contributed by atoms with Gasteiger partial charge in [-0.2, -0.15) is 0 Å². The maximum Gasteiger partial charge on any atom is 0.137 e. The molecule has 0 fully saturated rings. The molecule has 84 valence electrons. The molecule has 1 atom stereocenters. The maximum atomic E-state index is 6.06. The van der Waals surface area contributed by atoms with Crippen LogP contribution in [0, 0.1) is 6.92 Å². The van der Waals surface area contributed by atoms with Crippen molar-refractivity contribution in [2.75, 3.05) is 7.11 Å². The van der Waals surface area contributed by atoms with Crippen molar-refractivity contribution in [2.45, 2.75) is 32.7 Å². The molecule has 0 radical (unpaired) electrons. The van der Waals surface area contributed by atoms with E-state index in [1.807, 2.05) is 12.1 Å². The van der Waals surface area contributed by atoms with Crippen molar-refractivity contribution in [3.8, 4) is 5.75 Å². The summed E-state index contributed by atoms with van der Waals surface area (Å²) in [5.74, 6) is 0.725. The standard InChI is InChI=1S/C12H18ClNO/c1-4-10(14)6-9-7-11(13)12(15-3)5-8(9)2/h5,7,10H,4,6,14H2,1-3H3. The van der Waals surface area contributed by atoms with Crippen LogP contribution in [0.25, 0.3) is 0 Å². The van der Waals surface area contributed by atoms with Gasteiger partial charge in [0.05, 0.1) is 12.1 Å². The Morgan fingerprint density at radius 2 is 2.13 bits per heavy atom. The van der Waals surface area contributed by atoms with Gasteiger partial charge in [0, 0.05) is 6.04 Å². The molecule has 15 heavy (non-hydrogen) atoms. The molecule has 3 heteroatoms. The van der Waals surface area contributed by atoms with E-state index in [4.69, 9.17) is 22.1 Å². The maximum absolute atomic E-state index is 6.06. The molecular weight excluding hydrogens is 210 g/mol. The second kappa shape index (κ2) is 5.38. The lowest BCUT2D eigenvalue weighted by Crippen LogP contribution is -2.21. The number of aryl methyl sites for hydroxylation is 1. The summed E-state index contributed by atoms with van der Waals surface area (Å²) in [5.41, 5.74) is 8.30. The zero-order valence-corrected chi connectivity index (χ0v) is 10.3. The van der Waals surface area contributed by atoms with Gasteiger partial charge < -0.3 is 10.5 Å². The van der Waals surface area contributed by atoms with Gasteiger partial charge in [-0.05, 0) is 43.0 Å². The van der Waals surface area contributed by atoms with Gasteiger partial charge in [-0.1, -0.05) is 18.5 Å². The second-order valence-electron chi connectivity index (χ2n) is 3.79. The van der Waals surface area contributed by atoms with E-state index in [1.165, 1.54) is 11.1 Å². The Balaban J connectivity index is 2.95. The quantitative estimate of drug-likeness (QED) is 0.859. The van der Waals surface area contributed by atoms with Crippen molar-refractivity contribution in [1.82, 2.24) is 0 Å². The van der Waals surface area contributed by atoms with E-state index in [0.717, 1.165) is 18.6 Å². The molecule has 1 aromatic carbocycles. The summed E-state index contributed by atoms with van der Waals surface area (Å²) in [4.78, 5) is 0. The Labute approximate surface area is 96.4 Å². The summed E-state index contributed by atoms with van der Waals surface area (Å²) in [5, 5.41) is 0.654. The summed E-state index contributed by atoms with van der Waals surface area (Å²) < 4.78 is 5.15. The van der Waals surface area contributed by atoms with Crippen LogP contribution >= 0.6 is 11.6 Å². The molecule has 1 unspecified atom stereocenters. The van der Waals surface area contributed by atoms with Crippen LogP contribution in [-0.4, -0.2) is 13.2 Å². The van der Waals surface area contributed by atoms with Crippen LogP contribution in [-0.2, 0) is 6.42 Å². The first-order valence-corrected chi connectivity index (χ1v) is 5.54. The van der Waals surface area contributed by atoms with Gasteiger partial charge >= 0.3 is 0 Å². The van der Waals surface area contributed by atoms with Gasteiger partial charge in [-0.3, -0.25) is 0 Å². The van der Waals surface area contributed by atoms with Crippen molar-refractivity contribution in [3.63, 3.8) is 0 Å². The van der Waals surface area contributed by atoms with Crippen LogP contribution in [0.2, 0.25) is 5.02 Å². The normalized spacial score (nSPS) is 12.6. The van der Waals surface area contributed by atoms with Gasteiger partial charge in [-0.25, -0.2) is 0 Å². The highest BCUT2D eigenvalue weighted by molar-refractivity contribution is 6.32. The Kier molecular flexibility index (Phi) is 4.43. The molecule has 0 aliphatic heterocycles. The summed E-state index contributed by atoms with van der Waals surface area (Å²) >= 11 is 6.06. The Bertz CT molecular complexity index is 339. The molecule has 1 rings (SSSR count). The highest BCUT2D eigenvalue weighted by Crippen LogP contribution is 2.28. The van der Waals surface area contributed by atoms with Crippen LogP contribution in [0.5, 0.6) is 5.75 Å². The molecular formula is C12H18ClNO. The zero-order valence-electron chi connectivity index (χ0n) is 9.51. The monoisotopic (exact) mass is 227 g/mol. The number of hydrogen-bond donors (Lipinski definition) is 1. The number of hydrogen-bond acceptors (Lipinski definition) is 2. The molecule has 0 aliphatic rings. The molecule has 0 bridgehead atoms. The lowest BCUT2D eigenvalue weighted by Gasteiger charge is -2.13. The number of benzene rings is 1. The van der Waals surface area contributed by atoms with E-state index in [-0.39, 0.29) is 6.04 Å². The lowest BCUT2D eigenvalue weighted by atomic mass is 10.00. The highest BCUT2D eigenvalue weighted by Gasteiger charge is 2.08. The first-order chi connectivity index (χ1) is 7.08. The molecule has 0 aliphatic carbocycles. The second-order valence-corrected chi connectivity index (χ2v) is 4.19. The Morgan fingerprint density at radius 3 is 2.67 bits per heavy atom. The minimum atomic E-state index is 0.202. The largest absolute Gasteiger partial charge is 0.495 e. The van der Waals surface area contributed by atoms with Crippen molar-refractivity contribution < 1.29 is 4.74 Å². The van der Waals surface area contributed by atoms with Crippen molar-refractivity contribution >= 4 is 11.6 Å². The van der Waals surface area contributed by atoms with Gasteiger partial charge in [0.25, 0.3) is 0 Å². The van der Waals surface area contributed by atoms with Crippen LogP contribution in [0.3, 0.4) is 0 Å². The van der Waals surface area contributed by atoms with Crippen molar-refractivity contribution in [2.24, 2.45) is 5.73 Å². The number of nitrogens with two attached hydrogens (primary N) is 1. The topological polar surface area (TPSA) is 35.2 Å². The number of rotatable bonds is 4. The van der Waals surface area contributed by atoms with E-state index in [1.54, 1.807) is 7.11 Å². The smallest absolute Gasteiger partial charge is 0.137 e. The third kappa shape index (κ3) is 3.11. The summed E-state index contributed by atoms with van der Waals surface area (Å²) in [6.07, 6.45) is 1.84. The predicted molar refractivity (Wildman–Crippen MR) is 64.7 cm³/mol. The number of methoxy groups -OCH3 is 1. The lowest BCUT2D eigenvalue weighted by molar-refractivity contribution is 0.414. The SMILES string of the molecule is CCC(N)Cc1cc(Cl)c(OC)cc1C. The molecule has 2 nitrogen and oxygen atoms in total. The molecule has 0 heterocycles. The van der Waals surface area contributed by atoms with E-state index >= 15 is 0 Å².